The van der Waals surface area contributed by atoms with Gasteiger partial charge in [0.2, 0.25) is 0 Å². The molecule has 9 rings (SSSR count). The lowest BCUT2D eigenvalue weighted by molar-refractivity contribution is 1.08. The molecule has 0 fully saturated rings. The highest BCUT2D eigenvalue weighted by Gasteiger charge is 2.17. The van der Waals surface area contributed by atoms with Crippen molar-refractivity contribution in [2.75, 3.05) is 0 Å². The SMILES string of the molecule is Cc1scc2c1c1ccccc1n1c(-c3cccc(-c4ccc5c(c4)c4ccccc4n5-c4ccccn4)c3)cnc21. The molecule has 0 saturated carbocycles. The van der Waals surface area contributed by atoms with Crippen LogP contribution in [0.25, 0.3) is 77.3 Å². The largest absolute Gasteiger partial charge is 0.294 e. The monoisotopic (exact) mass is 556 g/mol. The Labute approximate surface area is 245 Å². The van der Waals surface area contributed by atoms with Crippen molar-refractivity contribution in [3.8, 4) is 28.2 Å². The highest BCUT2D eigenvalue weighted by molar-refractivity contribution is 7.11. The molecule has 0 saturated heterocycles. The Balaban J connectivity index is 1.24. The van der Waals surface area contributed by atoms with Crippen LogP contribution in [-0.4, -0.2) is 18.9 Å². The van der Waals surface area contributed by atoms with E-state index in [4.69, 9.17) is 4.98 Å². The zero-order chi connectivity index (χ0) is 27.8. The molecule has 4 nitrogen and oxygen atoms in total. The molecular weight excluding hydrogens is 533 g/mol. The summed E-state index contributed by atoms with van der Waals surface area (Å²) in [4.78, 5) is 10.9. The van der Waals surface area contributed by atoms with E-state index in [2.05, 4.69) is 123 Å². The van der Waals surface area contributed by atoms with Crippen LogP contribution in [-0.2, 0) is 0 Å². The third-order valence-electron chi connectivity index (χ3n) is 8.43. The number of fused-ring (bicyclic) bond motifs is 9. The summed E-state index contributed by atoms with van der Waals surface area (Å²) < 4.78 is 4.58. The summed E-state index contributed by atoms with van der Waals surface area (Å²) in [6.07, 6.45) is 3.88. The van der Waals surface area contributed by atoms with Gasteiger partial charge < -0.3 is 0 Å². The topological polar surface area (TPSA) is 35.1 Å². The van der Waals surface area contributed by atoms with Crippen molar-refractivity contribution in [1.82, 2.24) is 18.9 Å². The molecular formula is C37H24N4S. The van der Waals surface area contributed by atoms with Crippen LogP contribution in [0.3, 0.4) is 0 Å². The Hall–Kier alpha value is -5.26. The van der Waals surface area contributed by atoms with E-state index < -0.39 is 0 Å². The van der Waals surface area contributed by atoms with Gasteiger partial charge in [0.15, 0.2) is 0 Å². The van der Waals surface area contributed by atoms with E-state index in [0.29, 0.717) is 0 Å². The van der Waals surface area contributed by atoms with Crippen LogP contribution < -0.4 is 0 Å². The maximum absolute atomic E-state index is 4.96. The Morgan fingerprint density at radius 3 is 2.24 bits per heavy atom. The molecule has 5 heteroatoms. The molecule has 0 atom stereocenters. The molecule has 0 radical (unpaired) electrons. The zero-order valence-corrected chi connectivity index (χ0v) is 23.6. The van der Waals surface area contributed by atoms with Gasteiger partial charge >= 0.3 is 0 Å². The fraction of sp³-hybridized carbons (Fsp3) is 0.0270. The minimum Gasteiger partial charge on any atom is -0.294 e. The van der Waals surface area contributed by atoms with Crippen molar-refractivity contribution in [1.29, 1.82) is 0 Å². The molecule has 0 aliphatic rings. The van der Waals surface area contributed by atoms with Crippen molar-refractivity contribution in [3.63, 3.8) is 0 Å². The summed E-state index contributed by atoms with van der Waals surface area (Å²) in [5.74, 6) is 0.924. The number of benzene rings is 4. The minimum absolute atomic E-state index is 0.924. The van der Waals surface area contributed by atoms with Crippen molar-refractivity contribution < 1.29 is 0 Å². The molecule has 0 spiro atoms. The first kappa shape index (κ1) is 23.4. The van der Waals surface area contributed by atoms with Gasteiger partial charge in [-0.15, -0.1) is 11.3 Å². The quantitative estimate of drug-likeness (QED) is 0.217. The molecule has 5 aromatic heterocycles. The van der Waals surface area contributed by atoms with E-state index in [0.717, 1.165) is 33.8 Å². The summed E-state index contributed by atoms with van der Waals surface area (Å²) in [7, 11) is 0. The van der Waals surface area contributed by atoms with Gasteiger partial charge in [0.25, 0.3) is 0 Å². The zero-order valence-electron chi connectivity index (χ0n) is 22.8. The Kier molecular flexibility index (Phi) is 4.95. The second-order valence-electron chi connectivity index (χ2n) is 10.8. The Bertz CT molecular complexity index is 2480. The molecule has 0 N–H and O–H groups in total. The van der Waals surface area contributed by atoms with Gasteiger partial charge in [-0.1, -0.05) is 66.7 Å². The number of pyridine rings is 2. The summed E-state index contributed by atoms with van der Waals surface area (Å²) in [5, 5.41) is 8.48. The Morgan fingerprint density at radius 1 is 0.595 bits per heavy atom. The van der Waals surface area contributed by atoms with Crippen LogP contribution in [0.15, 0.2) is 127 Å². The first-order chi connectivity index (χ1) is 20.8. The Morgan fingerprint density at radius 2 is 1.36 bits per heavy atom. The number of nitrogens with zero attached hydrogens (tertiary/aromatic N) is 4. The average molecular weight is 557 g/mol. The second kappa shape index (κ2) is 8.87. The highest BCUT2D eigenvalue weighted by Crippen LogP contribution is 2.39. The van der Waals surface area contributed by atoms with Gasteiger partial charge in [-0.25, -0.2) is 9.97 Å². The first-order valence-electron chi connectivity index (χ1n) is 14.1. The minimum atomic E-state index is 0.924. The van der Waals surface area contributed by atoms with Gasteiger partial charge in [-0.2, -0.15) is 0 Å². The average Bonchev–Trinajstić information content (AvgIpc) is 3.75. The number of thiophene rings is 1. The van der Waals surface area contributed by atoms with Crippen molar-refractivity contribution in [2.45, 2.75) is 6.92 Å². The van der Waals surface area contributed by atoms with E-state index in [-0.39, 0.29) is 0 Å². The smallest absolute Gasteiger partial charge is 0.146 e. The maximum atomic E-state index is 4.96. The third-order valence-corrected chi connectivity index (χ3v) is 9.35. The van der Waals surface area contributed by atoms with E-state index in [1.54, 1.807) is 11.3 Å². The number of para-hydroxylation sites is 2. The lowest BCUT2D eigenvalue weighted by Crippen LogP contribution is -1.96. The number of aromatic nitrogens is 4. The van der Waals surface area contributed by atoms with Gasteiger partial charge in [-0.3, -0.25) is 8.97 Å². The van der Waals surface area contributed by atoms with Crippen LogP contribution in [0.2, 0.25) is 0 Å². The number of hydrogen-bond donors (Lipinski definition) is 0. The van der Waals surface area contributed by atoms with E-state index in [1.165, 1.54) is 48.5 Å². The first-order valence-corrected chi connectivity index (χ1v) is 15.0. The van der Waals surface area contributed by atoms with Crippen molar-refractivity contribution >= 4 is 60.5 Å². The molecule has 4 aromatic carbocycles. The summed E-state index contributed by atoms with van der Waals surface area (Å²) >= 11 is 1.79. The molecule has 0 bridgehead atoms. The molecule has 0 amide bonds. The van der Waals surface area contributed by atoms with E-state index in [1.807, 2.05) is 24.5 Å². The molecule has 5 heterocycles. The van der Waals surface area contributed by atoms with Gasteiger partial charge in [0, 0.05) is 48.9 Å². The summed E-state index contributed by atoms with van der Waals surface area (Å²) in [6, 6.07) is 38.9. The predicted molar refractivity (Wildman–Crippen MR) is 176 cm³/mol. The van der Waals surface area contributed by atoms with Gasteiger partial charge in [0.05, 0.1) is 28.4 Å². The number of aryl methyl sites for hydroxylation is 1. The van der Waals surface area contributed by atoms with Crippen molar-refractivity contribution in [3.05, 3.63) is 132 Å². The lowest BCUT2D eigenvalue weighted by atomic mass is 10.00. The lowest BCUT2D eigenvalue weighted by Gasteiger charge is -2.11. The number of imidazole rings is 1. The maximum Gasteiger partial charge on any atom is 0.146 e. The van der Waals surface area contributed by atoms with Crippen LogP contribution in [0.4, 0.5) is 0 Å². The van der Waals surface area contributed by atoms with E-state index in [9.17, 15) is 0 Å². The van der Waals surface area contributed by atoms with Gasteiger partial charge in [0.1, 0.15) is 11.5 Å². The molecule has 0 aliphatic heterocycles. The van der Waals surface area contributed by atoms with Gasteiger partial charge in [-0.05, 0) is 60.5 Å². The molecule has 9 aromatic rings. The summed E-state index contributed by atoms with van der Waals surface area (Å²) in [6.45, 7) is 2.20. The normalized spacial score (nSPS) is 11.9. The number of hydrogen-bond acceptors (Lipinski definition) is 3. The fourth-order valence-electron chi connectivity index (χ4n) is 6.57. The fourth-order valence-corrected chi connectivity index (χ4v) is 7.42. The third kappa shape index (κ3) is 3.28. The van der Waals surface area contributed by atoms with Crippen LogP contribution in [0.1, 0.15) is 4.88 Å². The molecule has 0 unspecified atom stereocenters. The number of rotatable bonds is 3. The highest BCUT2D eigenvalue weighted by atomic mass is 32.1. The van der Waals surface area contributed by atoms with Crippen LogP contribution in [0.5, 0.6) is 0 Å². The summed E-state index contributed by atoms with van der Waals surface area (Å²) in [5.41, 5.74) is 9.11. The molecule has 198 valence electrons. The van der Waals surface area contributed by atoms with E-state index >= 15 is 0 Å². The standard InChI is InChI=1S/C37H24N4S/c1-23-36-28-12-3-5-14-32(28)41-34(21-39-37(41)30(36)22-42-23)26-10-8-9-24(19-26)25-16-17-33-29(20-25)27-11-2-4-13-31(27)40(33)35-15-6-7-18-38-35/h2-22H,1H3. The molecule has 0 aliphatic carbocycles. The predicted octanol–water partition coefficient (Wildman–Crippen LogP) is 9.84. The van der Waals surface area contributed by atoms with Crippen molar-refractivity contribution in [2.24, 2.45) is 0 Å². The second-order valence-corrected chi connectivity index (χ2v) is 11.8. The van der Waals surface area contributed by atoms with Crippen LogP contribution in [0, 0.1) is 6.92 Å². The molecule has 42 heavy (non-hydrogen) atoms. The van der Waals surface area contributed by atoms with Crippen LogP contribution >= 0.6 is 11.3 Å².